The van der Waals surface area contributed by atoms with Crippen LogP contribution in [0, 0.1) is 13.8 Å². The van der Waals surface area contributed by atoms with Gasteiger partial charge in [-0.25, -0.2) is 23.1 Å². The van der Waals surface area contributed by atoms with E-state index in [-0.39, 0.29) is 16.8 Å². The van der Waals surface area contributed by atoms with Gasteiger partial charge in [-0.2, -0.15) is 0 Å². The van der Waals surface area contributed by atoms with Gasteiger partial charge in [0.15, 0.2) is 6.10 Å². The molecule has 0 bridgehead atoms. The van der Waals surface area contributed by atoms with Gasteiger partial charge in [0, 0.05) is 17.1 Å². The molecule has 4 aromatic rings. The molecule has 2 N–H and O–H groups in total. The van der Waals surface area contributed by atoms with Crippen molar-refractivity contribution in [2.45, 2.75) is 31.8 Å². The zero-order valence-corrected chi connectivity index (χ0v) is 20.9. The highest BCUT2D eigenvalue weighted by atomic mass is 32.2. The summed E-state index contributed by atoms with van der Waals surface area (Å²) in [6, 6.07) is 25.0. The summed E-state index contributed by atoms with van der Waals surface area (Å²) in [4.78, 5) is 20.8. The lowest BCUT2D eigenvalue weighted by atomic mass is 10.1. The minimum Gasteiger partial charge on any atom is -0.481 e. The predicted octanol–water partition coefficient (Wildman–Crippen LogP) is 4.97. The van der Waals surface area contributed by atoms with Crippen molar-refractivity contribution in [3.05, 3.63) is 96.3 Å². The van der Waals surface area contributed by atoms with E-state index in [2.05, 4.69) is 20.0 Å². The predicted molar refractivity (Wildman–Crippen MR) is 139 cm³/mol. The van der Waals surface area contributed by atoms with Crippen LogP contribution in [0.15, 0.2) is 89.8 Å². The average Bonchev–Trinajstić information content (AvgIpc) is 2.84. The van der Waals surface area contributed by atoms with Gasteiger partial charge in [-0.15, -0.1) is 0 Å². The zero-order valence-electron chi connectivity index (χ0n) is 20.1. The van der Waals surface area contributed by atoms with Crippen LogP contribution in [0.25, 0.3) is 11.1 Å². The molecule has 3 aromatic carbocycles. The van der Waals surface area contributed by atoms with Crippen molar-refractivity contribution in [2.75, 3.05) is 10.0 Å². The molecule has 184 valence electrons. The third kappa shape index (κ3) is 6.25. The Bertz CT molecular complexity index is 1440. The average molecular weight is 503 g/mol. The summed E-state index contributed by atoms with van der Waals surface area (Å²) >= 11 is 0. The van der Waals surface area contributed by atoms with Crippen molar-refractivity contribution < 1.29 is 17.9 Å². The van der Waals surface area contributed by atoms with E-state index in [0.29, 0.717) is 22.8 Å². The smallest absolute Gasteiger partial charge is 0.265 e. The van der Waals surface area contributed by atoms with Gasteiger partial charge in [-0.1, -0.05) is 42.5 Å². The number of rotatable bonds is 8. The van der Waals surface area contributed by atoms with Crippen LogP contribution in [0.5, 0.6) is 5.75 Å². The van der Waals surface area contributed by atoms with Crippen molar-refractivity contribution in [2.24, 2.45) is 0 Å². The number of anilines is 2. The van der Waals surface area contributed by atoms with Crippen molar-refractivity contribution >= 4 is 27.6 Å². The largest absolute Gasteiger partial charge is 0.481 e. The molecule has 1 atom stereocenters. The van der Waals surface area contributed by atoms with Crippen LogP contribution in [-0.2, 0) is 14.8 Å². The number of amides is 1. The van der Waals surface area contributed by atoms with Crippen LogP contribution in [0.1, 0.15) is 18.3 Å². The number of nitrogens with zero attached hydrogens (tertiary/aromatic N) is 2. The quantitative estimate of drug-likeness (QED) is 0.352. The minimum absolute atomic E-state index is 0.00709. The summed E-state index contributed by atoms with van der Waals surface area (Å²) in [5.41, 5.74) is 3.89. The van der Waals surface area contributed by atoms with Gasteiger partial charge < -0.3 is 10.1 Å². The van der Waals surface area contributed by atoms with Crippen molar-refractivity contribution in [1.29, 1.82) is 0 Å². The molecule has 36 heavy (non-hydrogen) atoms. The first-order valence-corrected chi connectivity index (χ1v) is 12.8. The van der Waals surface area contributed by atoms with Gasteiger partial charge in [0.2, 0.25) is 5.95 Å². The number of carbonyl (C=O) groups excluding carboxylic acids is 1. The molecule has 0 spiro atoms. The Hall–Kier alpha value is -4.24. The van der Waals surface area contributed by atoms with Crippen LogP contribution >= 0.6 is 0 Å². The standard InChI is InChI=1S/C27H26N4O4S/c1-18-17-19(2)29-27(28-18)31-36(33,34)25-15-11-23(12-16-25)30-26(32)20(3)35-24-13-9-22(10-14-24)21-7-5-4-6-8-21/h4-17,20H,1-3H3,(H,30,32)(H,28,29,31). The number of ether oxygens (including phenoxy) is 1. The lowest BCUT2D eigenvalue weighted by molar-refractivity contribution is -0.122. The Labute approximate surface area is 210 Å². The molecule has 1 aromatic heterocycles. The molecule has 0 aliphatic rings. The fraction of sp³-hybridized carbons (Fsp3) is 0.148. The first kappa shape index (κ1) is 24.9. The fourth-order valence-corrected chi connectivity index (χ4v) is 4.47. The highest BCUT2D eigenvalue weighted by Gasteiger charge is 2.18. The molecule has 8 nitrogen and oxygen atoms in total. The summed E-state index contributed by atoms with van der Waals surface area (Å²) in [6.07, 6.45) is -0.764. The van der Waals surface area contributed by atoms with Gasteiger partial charge in [-0.3, -0.25) is 4.79 Å². The van der Waals surface area contributed by atoms with Gasteiger partial charge in [0.1, 0.15) is 5.75 Å². The molecule has 1 unspecified atom stereocenters. The van der Waals surface area contributed by atoms with E-state index in [1.807, 2.05) is 54.6 Å². The molecule has 0 aliphatic heterocycles. The van der Waals surface area contributed by atoms with Gasteiger partial charge in [0.05, 0.1) is 4.90 Å². The second-order valence-electron chi connectivity index (χ2n) is 8.24. The van der Waals surface area contributed by atoms with E-state index in [1.54, 1.807) is 26.8 Å². The SMILES string of the molecule is Cc1cc(C)nc(NS(=O)(=O)c2ccc(NC(=O)C(C)Oc3ccc(-c4ccccc4)cc3)cc2)n1. The number of aryl methyl sites for hydroxylation is 2. The number of nitrogens with one attached hydrogen (secondary N) is 2. The van der Waals surface area contributed by atoms with Gasteiger partial charge >= 0.3 is 0 Å². The number of benzene rings is 3. The Morgan fingerprint density at radius 1 is 0.833 bits per heavy atom. The van der Waals surface area contributed by atoms with Crippen molar-refractivity contribution in [3.63, 3.8) is 0 Å². The molecular weight excluding hydrogens is 476 g/mol. The third-order valence-electron chi connectivity index (χ3n) is 5.28. The Kier molecular flexibility index (Phi) is 7.30. The molecule has 0 fully saturated rings. The molecular formula is C27H26N4O4S. The van der Waals surface area contributed by atoms with Crippen LogP contribution in [0.4, 0.5) is 11.6 Å². The number of aromatic nitrogens is 2. The number of carbonyl (C=O) groups is 1. The molecule has 9 heteroatoms. The number of hydrogen-bond donors (Lipinski definition) is 2. The fourth-order valence-electron chi connectivity index (χ4n) is 3.53. The lowest BCUT2D eigenvalue weighted by Crippen LogP contribution is -2.30. The summed E-state index contributed by atoms with van der Waals surface area (Å²) in [7, 11) is -3.89. The first-order chi connectivity index (χ1) is 17.2. The first-order valence-electron chi connectivity index (χ1n) is 11.3. The monoisotopic (exact) mass is 502 g/mol. The minimum atomic E-state index is -3.89. The molecule has 4 rings (SSSR count). The maximum Gasteiger partial charge on any atom is 0.265 e. The second-order valence-corrected chi connectivity index (χ2v) is 9.93. The van der Waals surface area contributed by atoms with E-state index in [9.17, 15) is 13.2 Å². The normalized spacial score (nSPS) is 12.0. The Balaban J connectivity index is 1.36. The Morgan fingerprint density at radius 3 is 2.03 bits per heavy atom. The van der Waals surface area contributed by atoms with Crippen LogP contribution in [0.2, 0.25) is 0 Å². The molecule has 0 aliphatic carbocycles. The van der Waals surface area contributed by atoms with Gasteiger partial charge in [0.25, 0.3) is 15.9 Å². The molecule has 1 heterocycles. The molecule has 1 amide bonds. The van der Waals surface area contributed by atoms with E-state index in [1.165, 1.54) is 24.3 Å². The summed E-state index contributed by atoms with van der Waals surface area (Å²) in [5, 5.41) is 2.74. The van der Waals surface area contributed by atoms with E-state index < -0.39 is 16.1 Å². The summed E-state index contributed by atoms with van der Waals surface area (Å²) in [6.45, 7) is 5.16. The van der Waals surface area contributed by atoms with Crippen molar-refractivity contribution in [1.82, 2.24) is 9.97 Å². The van der Waals surface area contributed by atoms with E-state index >= 15 is 0 Å². The van der Waals surface area contributed by atoms with Crippen LogP contribution in [-0.4, -0.2) is 30.4 Å². The Morgan fingerprint density at radius 2 is 1.42 bits per heavy atom. The highest BCUT2D eigenvalue weighted by molar-refractivity contribution is 7.92. The maximum absolute atomic E-state index is 12.7. The van der Waals surface area contributed by atoms with Crippen LogP contribution < -0.4 is 14.8 Å². The summed E-state index contributed by atoms with van der Waals surface area (Å²) < 4.78 is 33.5. The van der Waals surface area contributed by atoms with E-state index in [4.69, 9.17) is 4.74 Å². The van der Waals surface area contributed by atoms with Crippen molar-refractivity contribution in [3.8, 4) is 16.9 Å². The highest BCUT2D eigenvalue weighted by Crippen LogP contribution is 2.23. The molecule has 0 saturated heterocycles. The van der Waals surface area contributed by atoms with Crippen LogP contribution in [0.3, 0.4) is 0 Å². The number of sulfonamides is 1. The maximum atomic E-state index is 12.7. The molecule has 0 radical (unpaired) electrons. The second kappa shape index (κ2) is 10.6. The summed E-state index contributed by atoms with van der Waals surface area (Å²) in [5.74, 6) is 0.214. The topological polar surface area (TPSA) is 110 Å². The molecule has 0 saturated carbocycles. The van der Waals surface area contributed by atoms with E-state index in [0.717, 1.165) is 11.1 Å². The number of hydrogen-bond acceptors (Lipinski definition) is 6. The lowest BCUT2D eigenvalue weighted by Gasteiger charge is -2.15. The zero-order chi connectivity index (χ0) is 25.7. The third-order valence-corrected chi connectivity index (χ3v) is 6.63. The van der Waals surface area contributed by atoms with Gasteiger partial charge in [-0.05, 0) is 74.4 Å².